The molecule has 2 aliphatic heterocycles. The summed E-state index contributed by atoms with van der Waals surface area (Å²) in [6.45, 7) is 6.05. The number of fused-ring (bicyclic) bond motifs is 3. The van der Waals surface area contributed by atoms with Crippen LogP contribution in [0.15, 0.2) is 35.1 Å². The molecule has 2 aromatic heterocycles. The fourth-order valence-electron chi connectivity index (χ4n) is 3.98. The predicted octanol–water partition coefficient (Wildman–Crippen LogP) is 2.50. The van der Waals surface area contributed by atoms with Crippen molar-refractivity contribution in [1.29, 1.82) is 0 Å². The minimum Gasteiger partial charge on any atom is -0.383 e. The molecule has 1 aromatic carbocycles. The maximum absolute atomic E-state index is 13.3. The SMILES string of the molecule is CC1(C)CNc2cc(Cc3ccc(F)cc3)c3nn(C4COC4)c(=O)n3c21. The van der Waals surface area contributed by atoms with Gasteiger partial charge < -0.3 is 10.1 Å². The summed E-state index contributed by atoms with van der Waals surface area (Å²) in [7, 11) is 0. The van der Waals surface area contributed by atoms with E-state index < -0.39 is 0 Å². The first kappa shape index (κ1) is 16.5. The maximum atomic E-state index is 13.3. The lowest BCUT2D eigenvalue weighted by atomic mass is 9.90. The van der Waals surface area contributed by atoms with Crippen molar-refractivity contribution >= 4 is 11.3 Å². The Morgan fingerprint density at radius 1 is 1.30 bits per heavy atom. The minimum absolute atomic E-state index is 0.0100. The lowest BCUT2D eigenvalue weighted by Gasteiger charge is -2.24. The van der Waals surface area contributed by atoms with Gasteiger partial charge in [0, 0.05) is 23.9 Å². The minimum atomic E-state index is -0.258. The Morgan fingerprint density at radius 3 is 2.70 bits per heavy atom. The second-order valence-corrected chi connectivity index (χ2v) is 8.05. The first-order chi connectivity index (χ1) is 12.9. The lowest BCUT2D eigenvalue weighted by Crippen LogP contribution is -2.38. The van der Waals surface area contributed by atoms with Crippen LogP contribution in [0.1, 0.15) is 36.7 Å². The Bertz CT molecular complexity index is 1090. The highest BCUT2D eigenvalue weighted by molar-refractivity contribution is 5.66. The van der Waals surface area contributed by atoms with Gasteiger partial charge >= 0.3 is 5.69 Å². The molecule has 0 bridgehead atoms. The average molecular weight is 368 g/mol. The number of rotatable bonds is 3. The van der Waals surface area contributed by atoms with E-state index >= 15 is 0 Å². The normalized spacial score (nSPS) is 18.3. The first-order valence-electron chi connectivity index (χ1n) is 9.18. The van der Waals surface area contributed by atoms with E-state index in [1.165, 1.54) is 12.1 Å². The fraction of sp³-hybridized carbons (Fsp3) is 0.400. The Hall–Kier alpha value is -2.67. The number of aromatic nitrogens is 3. The Kier molecular flexibility index (Phi) is 3.46. The van der Waals surface area contributed by atoms with Crippen molar-refractivity contribution in [3.63, 3.8) is 0 Å². The topological polar surface area (TPSA) is 60.6 Å². The van der Waals surface area contributed by atoms with E-state index in [1.54, 1.807) is 21.2 Å². The van der Waals surface area contributed by atoms with Crippen molar-refractivity contribution in [2.24, 2.45) is 0 Å². The molecule has 2 aliphatic rings. The van der Waals surface area contributed by atoms with Crippen LogP contribution in [0, 0.1) is 5.82 Å². The summed E-state index contributed by atoms with van der Waals surface area (Å²) in [5.74, 6) is -0.258. The molecule has 140 valence electrons. The third-order valence-corrected chi connectivity index (χ3v) is 5.52. The molecule has 0 spiro atoms. The highest BCUT2D eigenvalue weighted by atomic mass is 19.1. The molecule has 1 saturated heterocycles. The van der Waals surface area contributed by atoms with Gasteiger partial charge in [0.2, 0.25) is 0 Å². The van der Waals surface area contributed by atoms with Crippen LogP contribution in [0.3, 0.4) is 0 Å². The molecule has 6 nitrogen and oxygen atoms in total. The predicted molar refractivity (Wildman–Crippen MR) is 100 cm³/mol. The number of anilines is 1. The number of halogens is 1. The van der Waals surface area contributed by atoms with Gasteiger partial charge in [0.05, 0.1) is 24.6 Å². The number of ether oxygens (including phenoxy) is 1. The van der Waals surface area contributed by atoms with Crippen LogP contribution in [0.25, 0.3) is 5.65 Å². The zero-order valence-electron chi connectivity index (χ0n) is 15.3. The van der Waals surface area contributed by atoms with Crippen LogP contribution in [0.2, 0.25) is 0 Å². The van der Waals surface area contributed by atoms with Gasteiger partial charge in [0.15, 0.2) is 5.65 Å². The molecule has 0 aliphatic carbocycles. The largest absolute Gasteiger partial charge is 0.383 e. The van der Waals surface area contributed by atoms with Gasteiger partial charge in [-0.3, -0.25) is 0 Å². The number of hydrogen-bond donors (Lipinski definition) is 1. The molecule has 0 radical (unpaired) electrons. The van der Waals surface area contributed by atoms with E-state index in [2.05, 4.69) is 30.3 Å². The standard InChI is InChI=1S/C20H21FN4O2/c1-20(2)11-22-16-8-13(7-12-3-5-14(21)6-4-12)18-23-25(15-9-27-10-15)19(26)24(18)17(16)20/h3-6,8,15,22H,7,9-11H2,1-2H3. The number of nitrogens with one attached hydrogen (secondary N) is 1. The van der Waals surface area contributed by atoms with Crippen LogP contribution in [-0.4, -0.2) is 33.9 Å². The Labute approximate surface area is 155 Å². The maximum Gasteiger partial charge on any atom is 0.351 e. The molecule has 0 saturated carbocycles. The number of pyridine rings is 1. The second-order valence-electron chi connectivity index (χ2n) is 8.05. The van der Waals surface area contributed by atoms with Gasteiger partial charge in [-0.1, -0.05) is 26.0 Å². The fourth-order valence-corrected chi connectivity index (χ4v) is 3.98. The van der Waals surface area contributed by atoms with Gasteiger partial charge in [-0.05, 0) is 23.8 Å². The summed E-state index contributed by atoms with van der Waals surface area (Å²) in [5.41, 5.74) is 4.24. The van der Waals surface area contributed by atoms with E-state index in [-0.39, 0.29) is 23.0 Å². The molecule has 0 atom stereocenters. The molecular formula is C20H21FN4O2. The molecule has 4 heterocycles. The van der Waals surface area contributed by atoms with Gasteiger partial charge in [-0.15, -0.1) is 5.10 Å². The van der Waals surface area contributed by atoms with Crippen LogP contribution < -0.4 is 11.0 Å². The van der Waals surface area contributed by atoms with E-state index in [0.717, 1.165) is 29.1 Å². The molecule has 1 N–H and O–H groups in total. The molecule has 0 amide bonds. The van der Waals surface area contributed by atoms with Crippen molar-refractivity contribution in [3.05, 3.63) is 63.5 Å². The highest BCUT2D eigenvalue weighted by Crippen LogP contribution is 2.37. The summed E-state index contributed by atoms with van der Waals surface area (Å²) >= 11 is 0. The smallest absolute Gasteiger partial charge is 0.351 e. The van der Waals surface area contributed by atoms with Crippen molar-refractivity contribution in [2.75, 3.05) is 25.1 Å². The van der Waals surface area contributed by atoms with E-state index in [1.807, 2.05) is 0 Å². The number of hydrogen-bond acceptors (Lipinski definition) is 4. The van der Waals surface area contributed by atoms with Crippen LogP contribution in [-0.2, 0) is 16.6 Å². The average Bonchev–Trinajstić information content (AvgIpc) is 3.06. The van der Waals surface area contributed by atoms with Crippen LogP contribution in [0.4, 0.5) is 10.1 Å². The molecule has 7 heteroatoms. The molecule has 1 fully saturated rings. The van der Waals surface area contributed by atoms with Crippen molar-refractivity contribution in [3.8, 4) is 0 Å². The number of nitrogens with zero attached hydrogens (tertiary/aromatic N) is 3. The Balaban J connectivity index is 1.73. The summed E-state index contributed by atoms with van der Waals surface area (Å²) in [6, 6.07) is 8.52. The van der Waals surface area contributed by atoms with Crippen LogP contribution >= 0.6 is 0 Å². The van der Waals surface area contributed by atoms with Gasteiger partial charge in [-0.2, -0.15) is 0 Å². The van der Waals surface area contributed by atoms with Gasteiger partial charge in [-0.25, -0.2) is 18.3 Å². The zero-order valence-corrected chi connectivity index (χ0v) is 15.3. The monoisotopic (exact) mass is 368 g/mol. The lowest BCUT2D eigenvalue weighted by molar-refractivity contribution is -0.0301. The zero-order chi connectivity index (χ0) is 18.8. The Morgan fingerprint density at radius 2 is 2.04 bits per heavy atom. The van der Waals surface area contributed by atoms with Gasteiger partial charge in [0.25, 0.3) is 0 Å². The highest BCUT2D eigenvalue weighted by Gasteiger charge is 2.36. The van der Waals surface area contributed by atoms with Crippen molar-refractivity contribution < 1.29 is 9.13 Å². The molecule has 5 rings (SSSR count). The summed E-state index contributed by atoms with van der Waals surface area (Å²) in [4.78, 5) is 13.2. The van der Waals surface area contributed by atoms with Crippen molar-refractivity contribution in [1.82, 2.24) is 14.2 Å². The van der Waals surface area contributed by atoms with Crippen molar-refractivity contribution in [2.45, 2.75) is 31.7 Å². The molecule has 27 heavy (non-hydrogen) atoms. The van der Waals surface area contributed by atoms with Crippen LogP contribution in [0.5, 0.6) is 0 Å². The second kappa shape index (κ2) is 5.66. The third kappa shape index (κ3) is 2.49. The van der Waals surface area contributed by atoms with E-state index in [4.69, 9.17) is 4.74 Å². The summed E-state index contributed by atoms with van der Waals surface area (Å²) in [5, 5.41) is 8.11. The van der Waals surface area contributed by atoms with E-state index in [0.29, 0.717) is 25.3 Å². The first-order valence-corrected chi connectivity index (χ1v) is 9.18. The summed E-state index contributed by atoms with van der Waals surface area (Å²) in [6.07, 6.45) is 0.580. The summed E-state index contributed by atoms with van der Waals surface area (Å²) < 4.78 is 21.8. The molecule has 3 aromatic rings. The molecule has 0 unspecified atom stereocenters. The third-order valence-electron chi connectivity index (χ3n) is 5.52. The quantitative estimate of drug-likeness (QED) is 0.772. The van der Waals surface area contributed by atoms with E-state index in [9.17, 15) is 9.18 Å². The number of benzene rings is 1. The molecular weight excluding hydrogens is 347 g/mol. The van der Waals surface area contributed by atoms with Gasteiger partial charge in [0.1, 0.15) is 11.9 Å².